The van der Waals surface area contributed by atoms with E-state index in [1.165, 1.54) is 28.8 Å². The number of piperidine rings is 1. The van der Waals surface area contributed by atoms with Crippen molar-refractivity contribution in [2.75, 3.05) is 19.6 Å². The number of hydrogen-bond acceptors (Lipinski definition) is 4. The number of benzene rings is 3. The quantitative estimate of drug-likeness (QED) is 0.401. The second-order valence-corrected chi connectivity index (χ2v) is 8.94. The number of likely N-dealkylation sites (tertiary alicyclic amines) is 1. The summed E-state index contributed by atoms with van der Waals surface area (Å²) in [6, 6.07) is 22.1. The Morgan fingerprint density at radius 3 is 2.37 bits per heavy atom. The van der Waals surface area contributed by atoms with Crippen LogP contribution in [-0.2, 0) is 6.54 Å². The van der Waals surface area contributed by atoms with Gasteiger partial charge in [-0.3, -0.25) is 18.7 Å². The normalized spacial score (nSPS) is 16.4. The van der Waals surface area contributed by atoms with Crippen LogP contribution in [0.4, 0.5) is 4.39 Å². The molecule has 0 radical (unpaired) electrons. The topological polar surface area (TPSA) is 64.3 Å². The summed E-state index contributed by atoms with van der Waals surface area (Å²) in [4.78, 5) is 41.8. The third-order valence-corrected chi connectivity index (χ3v) is 6.70. The molecular weight excluding hydrogens is 445 g/mol. The van der Waals surface area contributed by atoms with Crippen molar-refractivity contribution in [2.24, 2.45) is 5.92 Å². The van der Waals surface area contributed by atoms with Gasteiger partial charge in [0.15, 0.2) is 5.78 Å². The molecule has 2 heterocycles. The van der Waals surface area contributed by atoms with Crippen LogP contribution in [0.15, 0.2) is 88.5 Å². The van der Waals surface area contributed by atoms with E-state index >= 15 is 0 Å². The average Bonchev–Trinajstić information content (AvgIpc) is 2.89. The number of carbonyl (C=O) groups is 1. The molecule has 1 fully saturated rings. The standard InChI is InChI=1S/C28H26FN3O3/c29-22-14-12-20(13-15-22)26(33)21-7-6-16-30(19-21)17-18-31-27(34)24-10-4-5-11-25(24)32(28(31)35)23-8-2-1-3-9-23/h1-5,8-15,21H,6-7,16-19H2. The van der Waals surface area contributed by atoms with E-state index in [-0.39, 0.29) is 35.3 Å². The van der Waals surface area contributed by atoms with E-state index in [1.54, 1.807) is 22.8 Å². The van der Waals surface area contributed by atoms with Crippen LogP contribution < -0.4 is 11.2 Å². The minimum Gasteiger partial charge on any atom is -0.301 e. The van der Waals surface area contributed by atoms with Crippen LogP contribution in [0, 0.1) is 11.7 Å². The molecule has 3 aromatic carbocycles. The maximum atomic E-state index is 13.5. The first-order valence-electron chi connectivity index (χ1n) is 11.8. The molecule has 1 aromatic heterocycles. The second-order valence-electron chi connectivity index (χ2n) is 8.94. The van der Waals surface area contributed by atoms with Crippen molar-refractivity contribution < 1.29 is 9.18 Å². The molecule has 4 aromatic rings. The highest BCUT2D eigenvalue weighted by atomic mass is 19.1. The first kappa shape index (κ1) is 22.9. The molecule has 6 nitrogen and oxygen atoms in total. The average molecular weight is 472 g/mol. The van der Waals surface area contributed by atoms with E-state index in [2.05, 4.69) is 4.90 Å². The molecule has 0 amide bonds. The summed E-state index contributed by atoms with van der Waals surface area (Å²) in [6.07, 6.45) is 1.61. The molecule has 1 aliphatic heterocycles. The van der Waals surface area contributed by atoms with Gasteiger partial charge in [-0.15, -0.1) is 0 Å². The highest BCUT2D eigenvalue weighted by molar-refractivity contribution is 5.98. The van der Waals surface area contributed by atoms with Crippen molar-refractivity contribution in [1.29, 1.82) is 0 Å². The Labute approximate surface area is 201 Å². The summed E-state index contributed by atoms with van der Waals surface area (Å²) in [5.41, 5.74) is 1.09. The van der Waals surface area contributed by atoms with Crippen LogP contribution in [0.25, 0.3) is 16.6 Å². The molecule has 0 saturated carbocycles. The highest BCUT2D eigenvalue weighted by Gasteiger charge is 2.27. The Morgan fingerprint density at radius 2 is 1.60 bits per heavy atom. The van der Waals surface area contributed by atoms with Gasteiger partial charge in [-0.1, -0.05) is 30.3 Å². The number of nitrogens with zero attached hydrogens (tertiary/aromatic N) is 3. The Morgan fingerprint density at radius 1 is 0.886 bits per heavy atom. The molecule has 35 heavy (non-hydrogen) atoms. The van der Waals surface area contributed by atoms with Crippen molar-refractivity contribution in [3.8, 4) is 5.69 Å². The fourth-order valence-corrected chi connectivity index (χ4v) is 4.89. The monoisotopic (exact) mass is 471 g/mol. The maximum Gasteiger partial charge on any atom is 0.336 e. The zero-order valence-electron chi connectivity index (χ0n) is 19.3. The number of para-hydroxylation sites is 2. The number of Topliss-reactive ketones (excluding diaryl/α,β-unsaturated/α-hetero) is 1. The first-order valence-corrected chi connectivity index (χ1v) is 11.8. The van der Waals surface area contributed by atoms with Gasteiger partial charge in [0.2, 0.25) is 0 Å². The van der Waals surface area contributed by atoms with E-state index in [1.807, 2.05) is 36.4 Å². The predicted molar refractivity (Wildman–Crippen MR) is 134 cm³/mol. The van der Waals surface area contributed by atoms with Crippen molar-refractivity contribution in [2.45, 2.75) is 19.4 Å². The van der Waals surface area contributed by atoms with Crippen molar-refractivity contribution >= 4 is 16.7 Å². The van der Waals surface area contributed by atoms with E-state index < -0.39 is 0 Å². The van der Waals surface area contributed by atoms with E-state index in [0.29, 0.717) is 35.2 Å². The molecule has 0 aliphatic carbocycles. The Balaban J connectivity index is 1.40. The van der Waals surface area contributed by atoms with Gasteiger partial charge in [0.1, 0.15) is 5.82 Å². The van der Waals surface area contributed by atoms with Crippen molar-refractivity contribution in [3.05, 3.63) is 111 Å². The number of fused-ring (bicyclic) bond motifs is 1. The van der Waals surface area contributed by atoms with Gasteiger partial charge in [0.05, 0.1) is 16.6 Å². The molecule has 1 aliphatic rings. The second kappa shape index (κ2) is 9.80. The summed E-state index contributed by atoms with van der Waals surface area (Å²) in [5.74, 6) is -0.554. The zero-order chi connectivity index (χ0) is 24.4. The van der Waals surface area contributed by atoms with E-state index in [0.717, 1.165) is 19.4 Å². The summed E-state index contributed by atoms with van der Waals surface area (Å²) in [5, 5.41) is 0.485. The number of ketones is 1. The van der Waals surface area contributed by atoms with Gasteiger partial charge < -0.3 is 4.90 Å². The van der Waals surface area contributed by atoms with Crippen LogP contribution in [0.3, 0.4) is 0 Å². The number of hydrogen-bond donors (Lipinski definition) is 0. The van der Waals surface area contributed by atoms with Gasteiger partial charge in [0.25, 0.3) is 5.56 Å². The molecule has 0 spiro atoms. The summed E-state index contributed by atoms with van der Waals surface area (Å²) < 4.78 is 16.1. The van der Waals surface area contributed by atoms with Gasteiger partial charge >= 0.3 is 5.69 Å². The van der Waals surface area contributed by atoms with Crippen molar-refractivity contribution in [1.82, 2.24) is 14.0 Å². The molecule has 7 heteroatoms. The van der Waals surface area contributed by atoms with Gasteiger partial charge in [-0.25, -0.2) is 9.18 Å². The molecular formula is C28H26FN3O3. The molecule has 178 valence electrons. The largest absolute Gasteiger partial charge is 0.336 e. The van der Waals surface area contributed by atoms with Crippen LogP contribution in [0.5, 0.6) is 0 Å². The van der Waals surface area contributed by atoms with Gasteiger partial charge in [-0.2, -0.15) is 0 Å². The number of halogens is 1. The molecule has 5 rings (SSSR count). The summed E-state index contributed by atoms with van der Waals surface area (Å²) in [6.45, 7) is 2.05. The summed E-state index contributed by atoms with van der Waals surface area (Å²) >= 11 is 0. The van der Waals surface area contributed by atoms with Gasteiger partial charge in [-0.05, 0) is 67.9 Å². The van der Waals surface area contributed by atoms with E-state index in [9.17, 15) is 18.8 Å². The van der Waals surface area contributed by atoms with Crippen LogP contribution in [0.2, 0.25) is 0 Å². The lowest BCUT2D eigenvalue weighted by molar-refractivity contribution is 0.0815. The van der Waals surface area contributed by atoms with Crippen molar-refractivity contribution in [3.63, 3.8) is 0 Å². The molecule has 1 saturated heterocycles. The minimum atomic E-state index is -0.379. The number of aromatic nitrogens is 2. The van der Waals surface area contributed by atoms with Crippen LogP contribution in [-0.4, -0.2) is 39.5 Å². The third kappa shape index (κ3) is 4.59. The maximum absolute atomic E-state index is 13.5. The number of carbonyl (C=O) groups excluding carboxylic acids is 1. The number of rotatable bonds is 6. The van der Waals surface area contributed by atoms with E-state index in [4.69, 9.17) is 0 Å². The Kier molecular flexibility index (Phi) is 6.42. The zero-order valence-corrected chi connectivity index (χ0v) is 19.3. The lowest BCUT2D eigenvalue weighted by atomic mass is 9.90. The summed E-state index contributed by atoms with van der Waals surface area (Å²) in [7, 11) is 0. The SMILES string of the molecule is O=C(c1ccc(F)cc1)C1CCCN(CCn2c(=O)c3ccccc3n(-c3ccccc3)c2=O)C1. The molecule has 0 bridgehead atoms. The lowest BCUT2D eigenvalue weighted by Crippen LogP contribution is -2.45. The Bertz CT molecular complexity index is 1480. The minimum absolute atomic E-state index is 0.00371. The Hall–Kier alpha value is -3.84. The highest BCUT2D eigenvalue weighted by Crippen LogP contribution is 2.21. The predicted octanol–water partition coefficient (Wildman–Crippen LogP) is 3.89. The molecule has 1 unspecified atom stereocenters. The third-order valence-electron chi connectivity index (χ3n) is 6.70. The van der Waals surface area contributed by atoms with Crippen LogP contribution >= 0.6 is 0 Å². The molecule has 0 N–H and O–H groups in total. The van der Waals surface area contributed by atoms with Gasteiger partial charge in [0, 0.05) is 31.1 Å². The smallest absolute Gasteiger partial charge is 0.301 e. The van der Waals surface area contributed by atoms with Crippen LogP contribution in [0.1, 0.15) is 23.2 Å². The first-order chi connectivity index (χ1) is 17.0. The molecule has 1 atom stereocenters. The fourth-order valence-electron chi connectivity index (χ4n) is 4.89. The fraction of sp³-hybridized carbons (Fsp3) is 0.250. The lowest BCUT2D eigenvalue weighted by Gasteiger charge is -2.32.